The van der Waals surface area contributed by atoms with Crippen LogP contribution in [0.25, 0.3) is 0 Å². The van der Waals surface area contributed by atoms with Gasteiger partial charge in [-0.3, -0.25) is 24.3 Å². The van der Waals surface area contributed by atoms with Gasteiger partial charge in [0, 0.05) is 47.3 Å². The van der Waals surface area contributed by atoms with Crippen LogP contribution >= 0.6 is 0 Å². The number of hydrogen-bond donors (Lipinski definition) is 3. The number of rotatable bonds is 1. The fourth-order valence-corrected chi connectivity index (χ4v) is 7.03. The molecule has 5 aliphatic heterocycles. The number of piperazine rings is 1. The minimum atomic E-state index is -0.878. The molecule has 6 aliphatic rings. The first-order valence-corrected chi connectivity index (χ1v) is 10.3. The summed E-state index contributed by atoms with van der Waals surface area (Å²) in [6, 6.07) is -1.49. The topological polar surface area (TPSA) is 114 Å². The summed E-state index contributed by atoms with van der Waals surface area (Å²) in [6.45, 7) is 2.29. The lowest BCUT2D eigenvalue weighted by molar-refractivity contribution is -0.186. The number of aliphatic hydroxyl groups is 3. The monoisotopic (exact) mass is 403 g/mol. The van der Waals surface area contributed by atoms with Gasteiger partial charge in [0.1, 0.15) is 18.2 Å². The first-order valence-electron chi connectivity index (χ1n) is 10.3. The highest BCUT2D eigenvalue weighted by Gasteiger charge is 2.68. The Morgan fingerprint density at radius 1 is 1.17 bits per heavy atom. The molecule has 0 amide bonds. The number of ether oxygens (including phenoxy) is 1. The molecule has 0 aromatic heterocycles. The van der Waals surface area contributed by atoms with Crippen LogP contribution in [0.4, 0.5) is 0 Å². The molecule has 29 heavy (non-hydrogen) atoms. The van der Waals surface area contributed by atoms with E-state index < -0.39 is 30.4 Å². The largest absolute Gasteiger partial charge is 0.507 e. The number of hydrogen-bond acceptors (Lipinski definition) is 9. The van der Waals surface area contributed by atoms with Crippen molar-refractivity contribution in [3.8, 4) is 0 Å². The fourth-order valence-electron chi connectivity index (χ4n) is 7.03. The minimum Gasteiger partial charge on any atom is -0.507 e. The van der Waals surface area contributed by atoms with E-state index in [1.165, 1.54) is 6.92 Å². The fraction of sp³-hybridized carbons (Fsp3) is 0.700. The number of nitrogens with zero attached hydrogens (tertiary/aromatic N) is 3. The molecule has 3 N–H and O–H groups in total. The van der Waals surface area contributed by atoms with Crippen molar-refractivity contribution in [2.45, 2.75) is 56.0 Å². The molecule has 6 rings (SSSR count). The van der Waals surface area contributed by atoms with Crippen LogP contribution in [0.15, 0.2) is 22.5 Å². The van der Waals surface area contributed by atoms with Crippen LogP contribution in [0.5, 0.6) is 0 Å². The van der Waals surface area contributed by atoms with Crippen LogP contribution in [0, 0.1) is 5.92 Å². The van der Waals surface area contributed by atoms with E-state index in [9.17, 15) is 24.9 Å². The van der Waals surface area contributed by atoms with Crippen molar-refractivity contribution in [1.29, 1.82) is 0 Å². The molecule has 0 spiro atoms. The lowest BCUT2D eigenvalue weighted by atomic mass is 9.70. The Kier molecular flexibility index (Phi) is 3.60. The molecule has 0 aromatic rings. The number of aliphatic hydroxyl groups excluding tert-OH is 3. The Balaban J connectivity index is 1.64. The summed E-state index contributed by atoms with van der Waals surface area (Å²) >= 11 is 0. The van der Waals surface area contributed by atoms with Crippen LogP contribution in [0.2, 0.25) is 0 Å². The van der Waals surface area contributed by atoms with Gasteiger partial charge in [-0.2, -0.15) is 0 Å². The van der Waals surface area contributed by atoms with Gasteiger partial charge in [-0.05, 0) is 20.4 Å². The number of ketones is 2. The molecular weight excluding hydrogens is 378 g/mol. The van der Waals surface area contributed by atoms with Crippen molar-refractivity contribution < 1.29 is 29.6 Å². The predicted molar refractivity (Wildman–Crippen MR) is 98.6 cm³/mol. The minimum absolute atomic E-state index is 0.0479. The van der Waals surface area contributed by atoms with Gasteiger partial charge < -0.3 is 20.1 Å². The quantitative estimate of drug-likeness (QED) is 0.351. The summed E-state index contributed by atoms with van der Waals surface area (Å²) in [6.07, 6.45) is -0.266. The molecule has 0 aromatic carbocycles. The second kappa shape index (κ2) is 5.75. The molecule has 0 unspecified atom stereocenters. The van der Waals surface area contributed by atoms with Crippen LogP contribution < -0.4 is 0 Å². The van der Waals surface area contributed by atoms with Crippen molar-refractivity contribution in [2.75, 3.05) is 26.8 Å². The maximum atomic E-state index is 13.0. The Morgan fingerprint density at radius 2 is 1.93 bits per heavy atom. The smallest absolute Gasteiger partial charge is 0.232 e. The number of Topliss-reactive ketones (excluding diaryl/α,β-unsaturated/α-hetero) is 2. The first kappa shape index (κ1) is 18.2. The van der Waals surface area contributed by atoms with Crippen LogP contribution in [0.3, 0.4) is 0 Å². The second-order valence-electron chi connectivity index (χ2n) is 9.08. The van der Waals surface area contributed by atoms with E-state index in [-0.39, 0.29) is 53.2 Å². The lowest BCUT2D eigenvalue weighted by Crippen LogP contribution is -2.78. The molecule has 0 saturated carbocycles. The van der Waals surface area contributed by atoms with E-state index in [1.54, 1.807) is 0 Å². The number of piperidine rings is 1. The molecule has 0 radical (unpaired) electrons. The van der Waals surface area contributed by atoms with Crippen LogP contribution in [0.1, 0.15) is 13.3 Å². The summed E-state index contributed by atoms with van der Waals surface area (Å²) in [7, 11) is 2.01. The second-order valence-corrected chi connectivity index (χ2v) is 9.08. The third-order valence-electron chi connectivity index (χ3n) is 8.16. The van der Waals surface area contributed by atoms with Gasteiger partial charge >= 0.3 is 0 Å². The van der Waals surface area contributed by atoms with Crippen LogP contribution in [-0.2, 0) is 14.3 Å². The molecule has 156 valence electrons. The lowest BCUT2D eigenvalue weighted by Gasteiger charge is -2.61. The normalized spacial score (nSPS) is 47.2. The third-order valence-corrected chi connectivity index (χ3v) is 8.16. The van der Waals surface area contributed by atoms with Crippen molar-refractivity contribution in [1.82, 2.24) is 14.7 Å². The molecule has 4 saturated heterocycles. The zero-order chi connectivity index (χ0) is 20.4. The molecule has 2 bridgehead atoms. The predicted octanol–water partition coefficient (Wildman–Crippen LogP) is -1.63. The third kappa shape index (κ3) is 1.92. The van der Waals surface area contributed by atoms with Gasteiger partial charge in [0.25, 0.3) is 0 Å². The molecule has 1 aliphatic carbocycles. The van der Waals surface area contributed by atoms with Crippen molar-refractivity contribution >= 4 is 11.6 Å². The highest BCUT2D eigenvalue weighted by atomic mass is 16.5. The van der Waals surface area contributed by atoms with E-state index in [0.29, 0.717) is 18.7 Å². The molecule has 8 atom stereocenters. The average molecular weight is 403 g/mol. The number of carbonyl (C=O) groups excluding carboxylic acids is 2. The van der Waals surface area contributed by atoms with E-state index >= 15 is 0 Å². The van der Waals surface area contributed by atoms with Crippen molar-refractivity contribution in [3.63, 3.8) is 0 Å². The molecule has 4 fully saturated rings. The highest BCUT2D eigenvalue weighted by Crippen LogP contribution is 2.54. The number of carbonyl (C=O) groups is 2. The van der Waals surface area contributed by atoms with Crippen LogP contribution in [-0.4, -0.2) is 111 Å². The molecule has 9 heteroatoms. The summed E-state index contributed by atoms with van der Waals surface area (Å²) < 4.78 is 6.09. The molecular formula is C20H25N3O6. The zero-order valence-corrected chi connectivity index (χ0v) is 16.4. The van der Waals surface area contributed by atoms with Gasteiger partial charge in [0.05, 0.1) is 25.3 Å². The number of likely N-dealkylation sites (N-methyl/N-ethyl adjacent to an activating group) is 1. The number of allylic oxidation sites excluding steroid dienone is 1. The van der Waals surface area contributed by atoms with Gasteiger partial charge in [-0.25, -0.2) is 0 Å². The van der Waals surface area contributed by atoms with Gasteiger partial charge in [-0.15, -0.1) is 0 Å². The van der Waals surface area contributed by atoms with Crippen molar-refractivity contribution in [3.05, 3.63) is 22.5 Å². The Hall–Kier alpha value is -1.62. The maximum Gasteiger partial charge on any atom is 0.232 e. The molecule has 5 heterocycles. The Labute approximate surface area is 167 Å². The highest BCUT2D eigenvalue weighted by molar-refractivity contribution is 6.50. The van der Waals surface area contributed by atoms with E-state index in [1.807, 2.05) is 11.9 Å². The Bertz CT molecular complexity index is 899. The standard InChI is InChI=1S/C20H25N3O6/c1-7-16(25)12-11(18(27)17(7)26)10(6-24)23-15-13-8(5-9(19(23)28)21(13)2)20-22(14(12)15)3-4-29-20/h8-10,13-15,19-20,24-25,28H,3-6H2,1-2H3/t8-,9-,10-,13+,14+,15+,19-,20+/m1/s1. The SMILES string of the molecule is CC1=C(O)C2=C(C(=O)C1=O)[C@@H](CO)N1[C@H]3[C@@H]4[C@@H](C[C@H]([C@H]1O)N4C)[C@@H]1OCCN1[C@@H]23. The van der Waals surface area contributed by atoms with Crippen molar-refractivity contribution in [2.24, 2.45) is 5.92 Å². The van der Waals surface area contributed by atoms with Gasteiger partial charge in [0.15, 0.2) is 0 Å². The van der Waals surface area contributed by atoms with E-state index in [4.69, 9.17) is 4.74 Å². The van der Waals surface area contributed by atoms with E-state index in [2.05, 4.69) is 9.80 Å². The number of fused-ring (bicyclic) bond motifs is 5. The van der Waals surface area contributed by atoms with E-state index in [0.717, 1.165) is 6.42 Å². The first-order chi connectivity index (χ1) is 13.9. The summed E-state index contributed by atoms with van der Waals surface area (Å²) in [5.74, 6) is -1.39. The van der Waals surface area contributed by atoms with Gasteiger partial charge in [0.2, 0.25) is 11.6 Å². The average Bonchev–Trinajstić information content (AvgIpc) is 3.30. The Morgan fingerprint density at radius 3 is 2.66 bits per heavy atom. The molecule has 9 nitrogen and oxygen atoms in total. The maximum absolute atomic E-state index is 13.0. The summed E-state index contributed by atoms with van der Waals surface area (Å²) in [5.41, 5.74) is 0.618. The zero-order valence-electron chi connectivity index (χ0n) is 16.4. The van der Waals surface area contributed by atoms with Gasteiger partial charge in [-0.1, -0.05) is 0 Å². The summed E-state index contributed by atoms with van der Waals surface area (Å²) in [4.78, 5) is 31.8. The summed E-state index contributed by atoms with van der Waals surface area (Å²) in [5, 5.41) is 32.5.